The molecule has 5 heteroatoms. The van der Waals surface area contributed by atoms with E-state index in [1.807, 2.05) is 6.92 Å². The van der Waals surface area contributed by atoms with Crippen molar-refractivity contribution < 1.29 is 14.7 Å². The molecular formula is C14H26N2O3. The first-order valence-corrected chi connectivity index (χ1v) is 7.34. The van der Waals surface area contributed by atoms with Crippen molar-refractivity contribution in [2.45, 2.75) is 70.9 Å². The van der Waals surface area contributed by atoms with Gasteiger partial charge in [0.25, 0.3) is 0 Å². The lowest BCUT2D eigenvalue weighted by Gasteiger charge is -2.24. The number of nitrogens with one attached hydrogen (secondary N) is 2. The Morgan fingerprint density at radius 1 is 1.26 bits per heavy atom. The van der Waals surface area contributed by atoms with Gasteiger partial charge in [-0.3, -0.25) is 0 Å². The zero-order valence-electron chi connectivity index (χ0n) is 11.9. The maximum Gasteiger partial charge on any atom is 0.326 e. The summed E-state index contributed by atoms with van der Waals surface area (Å²) < 4.78 is 0. The molecule has 1 saturated carbocycles. The average molecular weight is 270 g/mol. The zero-order chi connectivity index (χ0) is 14.3. The standard InChI is InChI=1S/C14H26N2O3/c1-3-7-12(13(17)18)16-14(19)15-11-9-6-4-5-8-10(11)2/h10-12H,3-9H2,1-2H3,(H,17,18)(H2,15,16,19)/t10?,11?,12-/m1/s1. The summed E-state index contributed by atoms with van der Waals surface area (Å²) >= 11 is 0. The van der Waals surface area contributed by atoms with Crippen molar-refractivity contribution in [3.05, 3.63) is 0 Å². The molecule has 3 atom stereocenters. The van der Waals surface area contributed by atoms with Crippen molar-refractivity contribution in [2.24, 2.45) is 5.92 Å². The number of hydrogen-bond acceptors (Lipinski definition) is 2. The third kappa shape index (κ3) is 5.49. The van der Waals surface area contributed by atoms with E-state index in [0.717, 1.165) is 25.7 Å². The number of carbonyl (C=O) groups is 2. The predicted molar refractivity (Wildman–Crippen MR) is 74.0 cm³/mol. The smallest absolute Gasteiger partial charge is 0.326 e. The Morgan fingerprint density at radius 3 is 2.58 bits per heavy atom. The summed E-state index contributed by atoms with van der Waals surface area (Å²) in [7, 11) is 0. The van der Waals surface area contributed by atoms with Gasteiger partial charge < -0.3 is 15.7 Å². The highest BCUT2D eigenvalue weighted by Crippen LogP contribution is 2.22. The van der Waals surface area contributed by atoms with Gasteiger partial charge >= 0.3 is 12.0 Å². The van der Waals surface area contributed by atoms with Crippen molar-refractivity contribution in [2.75, 3.05) is 0 Å². The molecule has 0 spiro atoms. The maximum atomic E-state index is 11.9. The molecule has 1 aliphatic rings. The second-order valence-corrected chi connectivity index (χ2v) is 5.52. The second kappa shape index (κ2) is 8.02. The number of rotatable bonds is 5. The van der Waals surface area contributed by atoms with E-state index in [1.165, 1.54) is 12.8 Å². The van der Waals surface area contributed by atoms with Crippen LogP contribution in [0.4, 0.5) is 4.79 Å². The lowest BCUT2D eigenvalue weighted by molar-refractivity contribution is -0.139. The van der Waals surface area contributed by atoms with Crippen LogP contribution in [0.5, 0.6) is 0 Å². The van der Waals surface area contributed by atoms with Crippen LogP contribution in [0.1, 0.15) is 58.8 Å². The molecule has 3 N–H and O–H groups in total. The van der Waals surface area contributed by atoms with E-state index >= 15 is 0 Å². The van der Waals surface area contributed by atoms with Crippen LogP contribution in [0.25, 0.3) is 0 Å². The molecule has 0 radical (unpaired) electrons. The van der Waals surface area contributed by atoms with Crippen molar-refractivity contribution in [3.63, 3.8) is 0 Å². The first kappa shape index (κ1) is 15.8. The van der Waals surface area contributed by atoms with Crippen molar-refractivity contribution in [3.8, 4) is 0 Å². The Morgan fingerprint density at radius 2 is 1.95 bits per heavy atom. The quantitative estimate of drug-likeness (QED) is 0.672. The van der Waals surface area contributed by atoms with Gasteiger partial charge in [0.1, 0.15) is 6.04 Å². The van der Waals surface area contributed by atoms with Crippen LogP contribution in [0.2, 0.25) is 0 Å². The third-order valence-electron chi connectivity index (χ3n) is 3.86. The topological polar surface area (TPSA) is 78.4 Å². The number of carboxylic acids is 1. The van der Waals surface area contributed by atoms with E-state index in [-0.39, 0.29) is 12.1 Å². The van der Waals surface area contributed by atoms with Gasteiger partial charge in [0.2, 0.25) is 0 Å². The van der Waals surface area contributed by atoms with Gasteiger partial charge in [-0.15, -0.1) is 0 Å². The normalized spacial score (nSPS) is 25.2. The molecule has 0 bridgehead atoms. The molecule has 0 aromatic heterocycles. The Labute approximate surface area is 115 Å². The Kier molecular flexibility index (Phi) is 6.67. The number of carbonyl (C=O) groups excluding carboxylic acids is 1. The minimum atomic E-state index is -0.967. The number of amides is 2. The predicted octanol–water partition coefficient (Wildman–Crippen LogP) is 2.51. The Bertz CT molecular complexity index is 307. The maximum absolute atomic E-state index is 11.9. The molecule has 1 aliphatic carbocycles. The van der Waals surface area contributed by atoms with Crippen LogP contribution in [-0.2, 0) is 4.79 Å². The minimum absolute atomic E-state index is 0.165. The number of hydrogen-bond donors (Lipinski definition) is 3. The summed E-state index contributed by atoms with van der Waals surface area (Å²) in [5, 5.41) is 14.5. The molecule has 0 aromatic carbocycles. The van der Waals surface area contributed by atoms with E-state index in [9.17, 15) is 9.59 Å². The SMILES string of the molecule is CCC[C@@H](NC(=O)NC1CCCCCC1C)C(=O)O. The lowest BCUT2D eigenvalue weighted by Crippen LogP contribution is -2.50. The molecule has 2 unspecified atom stereocenters. The van der Waals surface area contributed by atoms with Gasteiger partial charge in [-0.1, -0.05) is 39.5 Å². The summed E-state index contributed by atoms with van der Waals surface area (Å²) in [6.45, 7) is 4.06. The molecule has 0 aromatic rings. The summed E-state index contributed by atoms with van der Waals surface area (Å²) in [5.74, 6) is -0.506. The van der Waals surface area contributed by atoms with Gasteiger partial charge in [0.05, 0.1) is 0 Å². The average Bonchev–Trinajstić information content (AvgIpc) is 2.54. The molecule has 5 nitrogen and oxygen atoms in total. The lowest BCUT2D eigenvalue weighted by atomic mass is 9.97. The summed E-state index contributed by atoms with van der Waals surface area (Å²) in [6.07, 6.45) is 6.88. The van der Waals surface area contributed by atoms with E-state index in [0.29, 0.717) is 12.3 Å². The first-order valence-electron chi connectivity index (χ1n) is 7.34. The molecule has 1 rings (SSSR count). The summed E-state index contributed by atoms with van der Waals surface area (Å²) in [6, 6.07) is -0.968. The highest BCUT2D eigenvalue weighted by Gasteiger charge is 2.24. The largest absolute Gasteiger partial charge is 0.480 e. The Balaban J connectivity index is 2.46. The fourth-order valence-corrected chi connectivity index (χ4v) is 2.62. The van der Waals surface area contributed by atoms with Gasteiger partial charge in [0, 0.05) is 6.04 Å². The second-order valence-electron chi connectivity index (χ2n) is 5.52. The molecule has 0 heterocycles. The van der Waals surface area contributed by atoms with Crippen molar-refractivity contribution in [1.29, 1.82) is 0 Å². The molecule has 19 heavy (non-hydrogen) atoms. The zero-order valence-corrected chi connectivity index (χ0v) is 11.9. The Hall–Kier alpha value is -1.26. The minimum Gasteiger partial charge on any atom is -0.480 e. The summed E-state index contributed by atoms with van der Waals surface area (Å²) in [5.41, 5.74) is 0. The van der Waals surface area contributed by atoms with Gasteiger partial charge in [-0.2, -0.15) is 0 Å². The molecule has 110 valence electrons. The highest BCUT2D eigenvalue weighted by atomic mass is 16.4. The monoisotopic (exact) mass is 270 g/mol. The highest BCUT2D eigenvalue weighted by molar-refractivity contribution is 5.82. The van der Waals surface area contributed by atoms with Crippen LogP contribution in [0.3, 0.4) is 0 Å². The van der Waals surface area contributed by atoms with Crippen LogP contribution >= 0.6 is 0 Å². The van der Waals surface area contributed by atoms with Crippen molar-refractivity contribution >= 4 is 12.0 Å². The number of aliphatic carboxylic acids is 1. The van der Waals surface area contributed by atoms with E-state index < -0.39 is 12.0 Å². The molecule has 0 saturated heterocycles. The van der Waals surface area contributed by atoms with Crippen LogP contribution in [0.15, 0.2) is 0 Å². The molecule has 0 aliphatic heterocycles. The van der Waals surface area contributed by atoms with Gasteiger partial charge in [0.15, 0.2) is 0 Å². The van der Waals surface area contributed by atoms with Crippen LogP contribution < -0.4 is 10.6 Å². The van der Waals surface area contributed by atoms with Gasteiger partial charge in [-0.25, -0.2) is 9.59 Å². The van der Waals surface area contributed by atoms with Crippen LogP contribution in [-0.4, -0.2) is 29.2 Å². The van der Waals surface area contributed by atoms with Gasteiger partial charge in [-0.05, 0) is 25.2 Å². The summed E-state index contributed by atoms with van der Waals surface area (Å²) in [4.78, 5) is 22.9. The van der Waals surface area contributed by atoms with E-state index in [1.54, 1.807) is 0 Å². The molecule has 1 fully saturated rings. The third-order valence-corrected chi connectivity index (χ3v) is 3.86. The van der Waals surface area contributed by atoms with E-state index in [2.05, 4.69) is 17.6 Å². The first-order chi connectivity index (χ1) is 9.04. The molecular weight excluding hydrogens is 244 g/mol. The van der Waals surface area contributed by atoms with Crippen molar-refractivity contribution in [1.82, 2.24) is 10.6 Å². The fourth-order valence-electron chi connectivity index (χ4n) is 2.62. The number of carboxylic acid groups (broad SMARTS) is 1. The fraction of sp³-hybridized carbons (Fsp3) is 0.857. The molecule has 2 amide bonds. The van der Waals surface area contributed by atoms with Crippen LogP contribution in [0, 0.1) is 5.92 Å². The number of urea groups is 1. The van der Waals surface area contributed by atoms with E-state index in [4.69, 9.17) is 5.11 Å².